The number of hydrogen-bond donors (Lipinski definition) is 1. The Morgan fingerprint density at radius 1 is 1.56 bits per heavy atom. The summed E-state index contributed by atoms with van der Waals surface area (Å²) in [6, 6.07) is 7.84. The van der Waals surface area contributed by atoms with Gasteiger partial charge in [-0.15, -0.1) is 0 Å². The molecule has 0 heterocycles. The Kier molecular flexibility index (Phi) is 6.33. The molecule has 0 aliphatic rings. The summed E-state index contributed by atoms with van der Waals surface area (Å²) in [4.78, 5) is 4.07. The van der Waals surface area contributed by atoms with Crippen molar-refractivity contribution in [1.29, 1.82) is 0 Å². The highest BCUT2D eigenvalue weighted by Gasteiger charge is 1.97. The molecular formula is C11H15BrN2OS. The molecule has 1 N–H and O–H groups in total. The number of aliphatic imine (C=N–C) groups is 1. The maximum atomic E-state index is 5.59. The summed E-state index contributed by atoms with van der Waals surface area (Å²) in [7, 11) is 3.64. The predicted molar refractivity (Wildman–Crippen MR) is 74.5 cm³/mol. The maximum absolute atomic E-state index is 5.59. The second kappa shape index (κ2) is 7.57. The molecule has 0 bridgehead atoms. The monoisotopic (exact) mass is 302 g/mol. The van der Waals surface area contributed by atoms with Crippen molar-refractivity contribution in [2.45, 2.75) is 0 Å². The molecule has 0 saturated carbocycles. The van der Waals surface area contributed by atoms with Gasteiger partial charge in [-0.3, -0.25) is 4.99 Å². The fourth-order valence-electron chi connectivity index (χ4n) is 1.10. The van der Waals surface area contributed by atoms with Gasteiger partial charge in [-0.2, -0.15) is 0 Å². The molecule has 0 aliphatic carbocycles. The lowest BCUT2D eigenvalue weighted by molar-refractivity contribution is 0.344. The van der Waals surface area contributed by atoms with Crippen LogP contribution < -0.4 is 10.1 Å². The van der Waals surface area contributed by atoms with Gasteiger partial charge in [0.1, 0.15) is 5.75 Å². The Bertz CT molecular complexity index is 358. The molecule has 0 atom stereocenters. The molecule has 0 radical (unpaired) electrons. The zero-order valence-corrected chi connectivity index (χ0v) is 11.8. The lowest BCUT2D eigenvalue weighted by atomic mass is 10.3. The van der Waals surface area contributed by atoms with E-state index in [1.165, 1.54) is 0 Å². The highest BCUT2D eigenvalue weighted by atomic mass is 79.9. The van der Waals surface area contributed by atoms with Crippen molar-refractivity contribution in [1.82, 2.24) is 5.32 Å². The first kappa shape index (κ1) is 13.4. The van der Waals surface area contributed by atoms with E-state index < -0.39 is 0 Å². The van der Waals surface area contributed by atoms with Crippen LogP contribution in [0.25, 0.3) is 0 Å². The molecular weight excluding hydrogens is 288 g/mol. The Morgan fingerprint density at radius 3 is 3.00 bits per heavy atom. The molecule has 3 nitrogen and oxygen atoms in total. The zero-order chi connectivity index (χ0) is 11.8. The third kappa shape index (κ3) is 4.90. The van der Waals surface area contributed by atoms with Gasteiger partial charge in [-0.05, 0) is 18.2 Å². The zero-order valence-electron chi connectivity index (χ0n) is 9.37. The van der Waals surface area contributed by atoms with Crippen LogP contribution in [-0.2, 0) is 0 Å². The Hall–Kier alpha value is -0.680. The highest BCUT2D eigenvalue weighted by Crippen LogP contribution is 2.17. The van der Waals surface area contributed by atoms with Crippen LogP contribution in [0.5, 0.6) is 5.75 Å². The number of halogens is 1. The van der Waals surface area contributed by atoms with Crippen molar-refractivity contribution in [3.05, 3.63) is 28.7 Å². The van der Waals surface area contributed by atoms with Crippen LogP contribution in [0.4, 0.5) is 0 Å². The maximum Gasteiger partial charge on any atom is 0.156 e. The number of benzene rings is 1. The molecule has 1 rings (SSSR count). The summed E-state index contributed by atoms with van der Waals surface area (Å²) >= 11 is 5.05. The second-order valence-corrected chi connectivity index (χ2v) is 4.93. The van der Waals surface area contributed by atoms with E-state index in [4.69, 9.17) is 4.74 Å². The average Bonchev–Trinajstić information content (AvgIpc) is 2.29. The first-order valence-corrected chi connectivity index (χ1v) is 6.70. The number of thioether (sulfide) groups is 1. The van der Waals surface area contributed by atoms with Crippen molar-refractivity contribution in [3.63, 3.8) is 0 Å². The average molecular weight is 303 g/mol. The molecule has 0 aliphatic heterocycles. The summed E-state index contributed by atoms with van der Waals surface area (Å²) in [6.45, 7) is 0.668. The fraction of sp³-hybridized carbons (Fsp3) is 0.364. The van der Waals surface area contributed by atoms with Gasteiger partial charge in [-0.25, -0.2) is 0 Å². The van der Waals surface area contributed by atoms with Crippen molar-refractivity contribution in [3.8, 4) is 5.75 Å². The van der Waals surface area contributed by atoms with Crippen molar-refractivity contribution < 1.29 is 4.74 Å². The number of hydrogen-bond acceptors (Lipinski definition) is 3. The van der Waals surface area contributed by atoms with E-state index in [-0.39, 0.29) is 0 Å². The van der Waals surface area contributed by atoms with Gasteiger partial charge < -0.3 is 10.1 Å². The van der Waals surface area contributed by atoms with E-state index in [2.05, 4.69) is 26.2 Å². The largest absolute Gasteiger partial charge is 0.493 e. The molecule has 0 fully saturated rings. The van der Waals surface area contributed by atoms with Crippen LogP contribution in [0.3, 0.4) is 0 Å². The Labute approximate surface area is 109 Å². The van der Waals surface area contributed by atoms with E-state index in [0.717, 1.165) is 21.1 Å². The standard InChI is InChI=1S/C11H15BrN2OS/c1-13-11(14-2)16-7-6-15-10-5-3-4-9(12)8-10/h3-5,8H,6-7H2,1-2H3,(H,13,14). The molecule has 88 valence electrons. The van der Waals surface area contributed by atoms with Crippen molar-refractivity contribution in [2.75, 3.05) is 26.5 Å². The van der Waals surface area contributed by atoms with Crippen molar-refractivity contribution >= 4 is 32.9 Å². The molecule has 0 spiro atoms. The van der Waals surface area contributed by atoms with Gasteiger partial charge in [0.25, 0.3) is 0 Å². The third-order valence-electron chi connectivity index (χ3n) is 1.80. The van der Waals surface area contributed by atoms with Gasteiger partial charge in [-0.1, -0.05) is 33.8 Å². The van der Waals surface area contributed by atoms with E-state index in [0.29, 0.717) is 6.61 Å². The number of amidine groups is 1. The van der Waals surface area contributed by atoms with Gasteiger partial charge in [0.2, 0.25) is 0 Å². The molecule has 0 aromatic heterocycles. The number of nitrogens with one attached hydrogen (secondary N) is 1. The molecule has 5 heteroatoms. The minimum absolute atomic E-state index is 0.668. The summed E-state index contributed by atoms with van der Waals surface area (Å²) in [5.74, 6) is 1.76. The Morgan fingerprint density at radius 2 is 2.38 bits per heavy atom. The first-order chi connectivity index (χ1) is 7.76. The quantitative estimate of drug-likeness (QED) is 0.527. The molecule has 0 amide bonds. The van der Waals surface area contributed by atoms with Crippen molar-refractivity contribution in [2.24, 2.45) is 4.99 Å². The third-order valence-corrected chi connectivity index (χ3v) is 3.33. The predicted octanol–water partition coefficient (Wildman–Crippen LogP) is 2.77. The Balaban J connectivity index is 2.26. The normalized spacial score (nSPS) is 11.3. The SMILES string of the molecule is CN=C(NC)SCCOc1cccc(Br)c1. The fourth-order valence-corrected chi connectivity index (χ4v) is 2.11. The van der Waals surface area contributed by atoms with E-state index in [1.54, 1.807) is 18.8 Å². The van der Waals surface area contributed by atoms with E-state index in [1.807, 2.05) is 31.3 Å². The van der Waals surface area contributed by atoms with E-state index in [9.17, 15) is 0 Å². The van der Waals surface area contributed by atoms with Crippen LogP contribution in [0, 0.1) is 0 Å². The minimum atomic E-state index is 0.668. The second-order valence-electron chi connectivity index (χ2n) is 2.93. The van der Waals surface area contributed by atoms with Gasteiger partial charge in [0.05, 0.1) is 6.61 Å². The smallest absolute Gasteiger partial charge is 0.156 e. The van der Waals surface area contributed by atoms with Crippen LogP contribution in [0.2, 0.25) is 0 Å². The molecule has 0 unspecified atom stereocenters. The molecule has 0 saturated heterocycles. The van der Waals surface area contributed by atoms with E-state index >= 15 is 0 Å². The topological polar surface area (TPSA) is 33.6 Å². The number of rotatable bonds is 4. The van der Waals surface area contributed by atoms with Gasteiger partial charge in [0, 0.05) is 24.3 Å². The molecule has 1 aromatic rings. The summed E-state index contributed by atoms with van der Waals surface area (Å²) in [5.41, 5.74) is 0. The van der Waals surface area contributed by atoms with Crippen LogP contribution in [0.15, 0.2) is 33.7 Å². The van der Waals surface area contributed by atoms with Gasteiger partial charge >= 0.3 is 0 Å². The number of nitrogens with zero attached hydrogens (tertiary/aromatic N) is 1. The number of ether oxygens (including phenoxy) is 1. The summed E-state index contributed by atoms with van der Waals surface area (Å²) < 4.78 is 6.62. The van der Waals surface area contributed by atoms with Gasteiger partial charge in [0.15, 0.2) is 5.17 Å². The molecule has 1 aromatic carbocycles. The highest BCUT2D eigenvalue weighted by molar-refractivity contribution is 9.10. The van der Waals surface area contributed by atoms with Crippen LogP contribution in [-0.4, -0.2) is 31.6 Å². The summed E-state index contributed by atoms with van der Waals surface area (Å²) in [5, 5.41) is 3.94. The van der Waals surface area contributed by atoms with Crippen LogP contribution in [0.1, 0.15) is 0 Å². The minimum Gasteiger partial charge on any atom is -0.493 e. The summed E-state index contributed by atoms with van der Waals surface area (Å²) in [6.07, 6.45) is 0. The molecule has 16 heavy (non-hydrogen) atoms. The first-order valence-electron chi connectivity index (χ1n) is 4.92. The lowest BCUT2D eigenvalue weighted by Gasteiger charge is -2.07. The van der Waals surface area contributed by atoms with Crippen LogP contribution >= 0.6 is 27.7 Å². The lowest BCUT2D eigenvalue weighted by Crippen LogP contribution is -2.15.